The van der Waals surface area contributed by atoms with Crippen LogP contribution in [0.5, 0.6) is 11.5 Å². The van der Waals surface area contributed by atoms with Gasteiger partial charge in [-0.15, -0.1) is 0 Å². The molecule has 4 heteroatoms. The zero-order valence-corrected chi connectivity index (χ0v) is 13.2. The molecular formula is C19H19NO3. The molecular weight excluding hydrogens is 290 g/mol. The van der Waals surface area contributed by atoms with Crippen LogP contribution in [-0.4, -0.2) is 18.8 Å². The van der Waals surface area contributed by atoms with Gasteiger partial charge in [-0.3, -0.25) is 4.99 Å². The number of phenolic OH excluding ortho intramolecular Hbond substituents is 1. The summed E-state index contributed by atoms with van der Waals surface area (Å²) in [7, 11) is 1.64. The highest BCUT2D eigenvalue weighted by Crippen LogP contribution is 2.25. The van der Waals surface area contributed by atoms with Gasteiger partial charge in [-0.2, -0.15) is 0 Å². The lowest BCUT2D eigenvalue weighted by Gasteiger charge is -2.06. The van der Waals surface area contributed by atoms with Crippen molar-refractivity contribution in [1.82, 2.24) is 0 Å². The monoisotopic (exact) mass is 309 g/mol. The van der Waals surface area contributed by atoms with Gasteiger partial charge in [0.2, 0.25) is 0 Å². The van der Waals surface area contributed by atoms with Crippen molar-refractivity contribution in [2.24, 2.45) is 4.99 Å². The van der Waals surface area contributed by atoms with E-state index in [0.29, 0.717) is 5.58 Å². The van der Waals surface area contributed by atoms with Crippen molar-refractivity contribution in [2.75, 3.05) is 13.7 Å². The number of hydrogen-bond acceptors (Lipinski definition) is 4. The molecule has 118 valence electrons. The summed E-state index contributed by atoms with van der Waals surface area (Å²) in [5, 5.41) is 11.4. The lowest BCUT2D eigenvalue weighted by Crippen LogP contribution is -2.05. The Morgan fingerprint density at radius 1 is 1.09 bits per heavy atom. The van der Waals surface area contributed by atoms with Crippen molar-refractivity contribution >= 4 is 11.0 Å². The Balaban J connectivity index is 2.19. The topological polar surface area (TPSA) is 55.0 Å². The van der Waals surface area contributed by atoms with Crippen LogP contribution in [0.2, 0.25) is 0 Å². The van der Waals surface area contributed by atoms with E-state index in [2.05, 4.69) is 11.9 Å². The fourth-order valence-electron chi connectivity index (χ4n) is 2.42. The van der Waals surface area contributed by atoms with Gasteiger partial charge in [-0.25, -0.2) is 0 Å². The van der Waals surface area contributed by atoms with Crippen LogP contribution in [0, 0.1) is 0 Å². The van der Waals surface area contributed by atoms with Crippen LogP contribution in [0.1, 0.15) is 13.3 Å². The average Bonchev–Trinajstić information content (AvgIpc) is 2.59. The molecule has 3 rings (SSSR count). The molecule has 0 aliphatic carbocycles. The predicted octanol–water partition coefficient (Wildman–Crippen LogP) is 4.12. The fraction of sp³-hybridized carbons (Fsp3) is 0.211. The SMILES string of the molecule is CCCN=c1cc(-c2ccc(OC)cc2)oc2ccc(O)cc12. The molecule has 0 saturated carbocycles. The van der Waals surface area contributed by atoms with E-state index in [0.717, 1.165) is 40.8 Å². The van der Waals surface area contributed by atoms with Gasteiger partial charge < -0.3 is 14.3 Å². The van der Waals surface area contributed by atoms with Crippen molar-refractivity contribution in [3.63, 3.8) is 0 Å². The van der Waals surface area contributed by atoms with E-state index in [1.807, 2.05) is 30.3 Å². The van der Waals surface area contributed by atoms with Gasteiger partial charge in [0, 0.05) is 23.6 Å². The van der Waals surface area contributed by atoms with E-state index >= 15 is 0 Å². The molecule has 1 heterocycles. The smallest absolute Gasteiger partial charge is 0.137 e. The summed E-state index contributed by atoms with van der Waals surface area (Å²) in [6.45, 7) is 2.82. The van der Waals surface area contributed by atoms with Crippen molar-refractivity contribution in [2.45, 2.75) is 13.3 Å². The molecule has 0 unspecified atom stereocenters. The maximum atomic E-state index is 9.73. The van der Waals surface area contributed by atoms with Crippen LogP contribution in [0.15, 0.2) is 57.9 Å². The Labute approximate surface area is 134 Å². The third kappa shape index (κ3) is 3.21. The largest absolute Gasteiger partial charge is 0.508 e. The quantitative estimate of drug-likeness (QED) is 0.788. The summed E-state index contributed by atoms with van der Waals surface area (Å²) in [5.74, 6) is 1.74. The van der Waals surface area contributed by atoms with Gasteiger partial charge in [0.25, 0.3) is 0 Å². The molecule has 2 aromatic carbocycles. The summed E-state index contributed by atoms with van der Waals surface area (Å²) in [6, 6.07) is 14.7. The first-order valence-corrected chi connectivity index (χ1v) is 7.63. The number of aromatic hydroxyl groups is 1. The highest BCUT2D eigenvalue weighted by atomic mass is 16.5. The van der Waals surface area contributed by atoms with Crippen LogP contribution in [0.25, 0.3) is 22.3 Å². The molecule has 1 N–H and O–H groups in total. The summed E-state index contributed by atoms with van der Waals surface area (Å²) >= 11 is 0. The lowest BCUT2D eigenvalue weighted by atomic mass is 10.1. The number of methoxy groups -OCH3 is 1. The van der Waals surface area contributed by atoms with E-state index in [-0.39, 0.29) is 5.75 Å². The third-order valence-electron chi connectivity index (χ3n) is 3.61. The number of fused-ring (bicyclic) bond motifs is 1. The van der Waals surface area contributed by atoms with Crippen LogP contribution in [0.3, 0.4) is 0 Å². The molecule has 0 atom stereocenters. The Bertz CT molecular complexity index is 879. The second kappa shape index (κ2) is 6.57. The van der Waals surface area contributed by atoms with Gasteiger partial charge in [-0.05, 0) is 48.9 Å². The normalized spacial score (nSPS) is 11.8. The number of benzene rings is 2. The van der Waals surface area contributed by atoms with Gasteiger partial charge in [0.1, 0.15) is 22.8 Å². The summed E-state index contributed by atoms with van der Waals surface area (Å²) < 4.78 is 11.2. The van der Waals surface area contributed by atoms with E-state index < -0.39 is 0 Å². The van der Waals surface area contributed by atoms with E-state index in [9.17, 15) is 5.11 Å². The van der Waals surface area contributed by atoms with Crippen molar-refractivity contribution in [3.05, 3.63) is 53.9 Å². The fourth-order valence-corrected chi connectivity index (χ4v) is 2.42. The minimum absolute atomic E-state index is 0.206. The number of rotatable bonds is 4. The molecule has 3 aromatic rings. The Morgan fingerprint density at radius 2 is 1.87 bits per heavy atom. The molecule has 0 saturated heterocycles. The molecule has 0 fully saturated rings. The molecule has 0 aliphatic heterocycles. The number of ether oxygens (including phenoxy) is 1. The second-order valence-electron chi connectivity index (χ2n) is 5.29. The second-order valence-corrected chi connectivity index (χ2v) is 5.29. The van der Waals surface area contributed by atoms with Crippen LogP contribution in [0.4, 0.5) is 0 Å². The van der Waals surface area contributed by atoms with Gasteiger partial charge >= 0.3 is 0 Å². The summed E-state index contributed by atoms with van der Waals surface area (Å²) in [4.78, 5) is 4.62. The maximum absolute atomic E-state index is 9.73. The first kappa shape index (κ1) is 15.2. The minimum atomic E-state index is 0.206. The zero-order chi connectivity index (χ0) is 16.2. The molecule has 0 bridgehead atoms. The van der Waals surface area contributed by atoms with Crippen LogP contribution >= 0.6 is 0 Å². The Hall–Kier alpha value is -2.75. The van der Waals surface area contributed by atoms with Crippen molar-refractivity contribution in [1.29, 1.82) is 0 Å². The summed E-state index contributed by atoms with van der Waals surface area (Å²) in [6.07, 6.45) is 0.963. The van der Waals surface area contributed by atoms with Crippen molar-refractivity contribution in [3.8, 4) is 22.8 Å². The first-order valence-electron chi connectivity index (χ1n) is 7.63. The van der Waals surface area contributed by atoms with E-state index in [1.165, 1.54) is 0 Å². The average molecular weight is 309 g/mol. The van der Waals surface area contributed by atoms with E-state index in [4.69, 9.17) is 9.15 Å². The Kier molecular flexibility index (Phi) is 4.33. The molecule has 4 nitrogen and oxygen atoms in total. The van der Waals surface area contributed by atoms with Crippen LogP contribution in [-0.2, 0) is 0 Å². The zero-order valence-electron chi connectivity index (χ0n) is 13.2. The highest BCUT2D eigenvalue weighted by molar-refractivity contribution is 5.80. The van der Waals surface area contributed by atoms with Gasteiger partial charge in [0.15, 0.2) is 0 Å². The Morgan fingerprint density at radius 3 is 2.57 bits per heavy atom. The molecule has 0 aliphatic rings. The maximum Gasteiger partial charge on any atom is 0.137 e. The molecule has 0 radical (unpaired) electrons. The lowest BCUT2D eigenvalue weighted by molar-refractivity contribution is 0.415. The highest BCUT2D eigenvalue weighted by Gasteiger charge is 2.07. The number of phenols is 1. The number of nitrogens with zero attached hydrogens (tertiary/aromatic N) is 1. The predicted molar refractivity (Wildman–Crippen MR) is 90.6 cm³/mol. The van der Waals surface area contributed by atoms with Crippen LogP contribution < -0.4 is 10.1 Å². The standard InChI is InChI=1S/C19H19NO3/c1-3-10-20-17-12-19(13-4-7-15(22-2)8-5-13)23-18-9-6-14(21)11-16(17)18/h4-9,11-12,21H,3,10H2,1-2H3. The first-order chi connectivity index (χ1) is 11.2. The van der Waals surface area contributed by atoms with Gasteiger partial charge in [0.05, 0.1) is 12.5 Å². The van der Waals surface area contributed by atoms with E-state index in [1.54, 1.807) is 25.3 Å². The number of hydrogen-bond donors (Lipinski definition) is 1. The molecule has 23 heavy (non-hydrogen) atoms. The molecule has 1 aromatic heterocycles. The molecule has 0 spiro atoms. The summed E-state index contributed by atoms with van der Waals surface area (Å²) in [5.41, 5.74) is 1.65. The van der Waals surface area contributed by atoms with Crippen molar-refractivity contribution < 1.29 is 14.3 Å². The minimum Gasteiger partial charge on any atom is -0.508 e. The third-order valence-corrected chi connectivity index (χ3v) is 3.61. The molecule has 0 amide bonds. The van der Waals surface area contributed by atoms with Gasteiger partial charge in [-0.1, -0.05) is 6.92 Å².